The molecule has 0 saturated heterocycles. The summed E-state index contributed by atoms with van der Waals surface area (Å²) in [5.74, 6) is 0.566. The SMILES string of the molecule is CCC1C=C(C)CC2=CCC=CN=C2/C=C/1. The Labute approximate surface area is 98.0 Å². The van der Waals surface area contributed by atoms with E-state index >= 15 is 0 Å². The molecule has 2 aliphatic rings. The zero-order valence-electron chi connectivity index (χ0n) is 10.1. The average molecular weight is 213 g/mol. The Morgan fingerprint density at radius 2 is 2.31 bits per heavy atom. The highest BCUT2D eigenvalue weighted by atomic mass is 14.7. The van der Waals surface area contributed by atoms with Crippen LogP contribution in [0.15, 0.2) is 52.7 Å². The number of rotatable bonds is 1. The fourth-order valence-corrected chi connectivity index (χ4v) is 2.15. The van der Waals surface area contributed by atoms with Crippen molar-refractivity contribution < 1.29 is 0 Å². The molecule has 16 heavy (non-hydrogen) atoms. The van der Waals surface area contributed by atoms with Crippen LogP contribution in [0.25, 0.3) is 0 Å². The van der Waals surface area contributed by atoms with E-state index in [1.165, 1.54) is 11.1 Å². The molecule has 1 aliphatic heterocycles. The van der Waals surface area contributed by atoms with Gasteiger partial charge in [-0.1, -0.05) is 36.8 Å². The summed E-state index contributed by atoms with van der Waals surface area (Å²) in [6.07, 6.45) is 16.4. The molecule has 1 atom stereocenters. The highest BCUT2D eigenvalue weighted by Gasteiger charge is 2.10. The topological polar surface area (TPSA) is 12.4 Å². The van der Waals surface area contributed by atoms with Gasteiger partial charge in [0.15, 0.2) is 0 Å². The number of fused-ring (bicyclic) bond motifs is 1. The van der Waals surface area contributed by atoms with Crippen molar-refractivity contribution in [2.24, 2.45) is 10.9 Å². The van der Waals surface area contributed by atoms with E-state index in [9.17, 15) is 0 Å². The van der Waals surface area contributed by atoms with Crippen molar-refractivity contribution in [3.05, 3.63) is 47.7 Å². The van der Waals surface area contributed by atoms with Crippen molar-refractivity contribution in [2.45, 2.75) is 33.1 Å². The Morgan fingerprint density at radius 1 is 1.44 bits per heavy atom. The van der Waals surface area contributed by atoms with Crippen LogP contribution in [0.3, 0.4) is 0 Å². The van der Waals surface area contributed by atoms with Crippen molar-refractivity contribution >= 4 is 5.71 Å². The summed E-state index contributed by atoms with van der Waals surface area (Å²) in [5.41, 5.74) is 3.96. The van der Waals surface area contributed by atoms with Crippen LogP contribution >= 0.6 is 0 Å². The molecule has 0 saturated carbocycles. The molecule has 1 aliphatic carbocycles. The molecule has 0 N–H and O–H groups in total. The van der Waals surface area contributed by atoms with E-state index in [0.717, 1.165) is 25.0 Å². The van der Waals surface area contributed by atoms with Crippen LogP contribution in [0.1, 0.15) is 33.1 Å². The lowest BCUT2D eigenvalue weighted by Crippen LogP contribution is -2.05. The standard InChI is InChI=1S/C15H19N/c1-3-13-7-8-15-14(11-12(2)10-13)6-4-5-9-16-15/h5-10,13H,3-4,11H2,1-2H3/b8-7+,12-10?. The summed E-state index contributed by atoms with van der Waals surface area (Å²) < 4.78 is 0. The first-order valence-corrected chi connectivity index (χ1v) is 6.07. The number of hydrogen-bond donors (Lipinski definition) is 0. The second kappa shape index (κ2) is 5.11. The van der Waals surface area contributed by atoms with Gasteiger partial charge in [-0.3, -0.25) is 4.99 Å². The van der Waals surface area contributed by atoms with E-state index in [1.54, 1.807) is 0 Å². The first kappa shape index (κ1) is 11.1. The van der Waals surface area contributed by atoms with E-state index < -0.39 is 0 Å². The van der Waals surface area contributed by atoms with E-state index in [4.69, 9.17) is 0 Å². The molecule has 0 amide bonds. The molecule has 0 radical (unpaired) electrons. The minimum absolute atomic E-state index is 0.566. The maximum Gasteiger partial charge on any atom is 0.0658 e. The summed E-state index contributed by atoms with van der Waals surface area (Å²) in [6, 6.07) is 0. The van der Waals surface area contributed by atoms with Gasteiger partial charge in [0.25, 0.3) is 0 Å². The lowest BCUT2D eigenvalue weighted by Gasteiger charge is -2.14. The number of nitrogens with zero attached hydrogens (tertiary/aromatic N) is 1. The molecule has 1 nitrogen and oxygen atoms in total. The van der Waals surface area contributed by atoms with Crippen LogP contribution in [0.5, 0.6) is 0 Å². The normalized spacial score (nSPS) is 26.6. The van der Waals surface area contributed by atoms with E-state index in [1.807, 2.05) is 6.20 Å². The van der Waals surface area contributed by atoms with Crippen molar-refractivity contribution in [1.82, 2.24) is 0 Å². The van der Waals surface area contributed by atoms with Gasteiger partial charge in [0.2, 0.25) is 0 Å². The second-order valence-electron chi connectivity index (χ2n) is 4.49. The van der Waals surface area contributed by atoms with Crippen molar-refractivity contribution in [2.75, 3.05) is 0 Å². The van der Waals surface area contributed by atoms with Gasteiger partial charge >= 0.3 is 0 Å². The third-order valence-electron chi connectivity index (χ3n) is 3.09. The number of aliphatic imine (C=N–C) groups is 1. The first-order chi connectivity index (χ1) is 7.79. The van der Waals surface area contributed by atoms with Gasteiger partial charge in [0, 0.05) is 6.20 Å². The van der Waals surface area contributed by atoms with Gasteiger partial charge in [-0.2, -0.15) is 0 Å². The highest BCUT2D eigenvalue weighted by molar-refractivity contribution is 6.09. The molecule has 0 aromatic rings. The highest BCUT2D eigenvalue weighted by Crippen LogP contribution is 2.22. The third-order valence-corrected chi connectivity index (χ3v) is 3.09. The Balaban J connectivity index is 2.34. The van der Waals surface area contributed by atoms with Crippen LogP contribution in [-0.2, 0) is 0 Å². The Bertz CT molecular complexity index is 405. The minimum Gasteiger partial charge on any atom is -0.257 e. The molecule has 2 rings (SSSR count). The first-order valence-electron chi connectivity index (χ1n) is 6.07. The minimum atomic E-state index is 0.566. The van der Waals surface area contributed by atoms with Crippen molar-refractivity contribution in [3.63, 3.8) is 0 Å². The Kier molecular flexibility index (Phi) is 3.55. The predicted molar refractivity (Wildman–Crippen MR) is 70.6 cm³/mol. The largest absolute Gasteiger partial charge is 0.257 e. The van der Waals surface area contributed by atoms with Crippen molar-refractivity contribution in [1.29, 1.82) is 0 Å². The van der Waals surface area contributed by atoms with Crippen LogP contribution in [0, 0.1) is 5.92 Å². The summed E-state index contributed by atoms with van der Waals surface area (Å²) >= 11 is 0. The quantitative estimate of drug-likeness (QED) is 0.579. The summed E-state index contributed by atoms with van der Waals surface area (Å²) in [4.78, 5) is 4.50. The summed E-state index contributed by atoms with van der Waals surface area (Å²) in [6.45, 7) is 4.45. The molecule has 1 heteroatoms. The fraction of sp³-hybridized carbons (Fsp3) is 0.400. The van der Waals surface area contributed by atoms with E-state index in [-0.39, 0.29) is 0 Å². The van der Waals surface area contributed by atoms with Crippen LogP contribution in [0.2, 0.25) is 0 Å². The average Bonchev–Trinajstić information content (AvgIpc) is 2.47. The predicted octanol–water partition coefficient (Wildman–Crippen LogP) is 4.20. The summed E-state index contributed by atoms with van der Waals surface area (Å²) in [7, 11) is 0. The van der Waals surface area contributed by atoms with E-state index in [2.05, 4.69) is 49.2 Å². The molecular weight excluding hydrogens is 194 g/mol. The smallest absolute Gasteiger partial charge is 0.0658 e. The summed E-state index contributed by atoms with van der Waals surface area (Å²) in [5, 5.41) is 0. The van der Waals surface area contributed by atoms with Gasteiger partial charge in [-0.05, 0) is 43.8 Å². The van der Waals surface area contributed by atoms with E-state index in [0.29, 0.717) is 5.92 Å². The molecule has 0 bridgehead atoms. The number of hydrogen-bond acceptors (Lipinski definition) is 1. The third kappa shape index (κ3) is 2.60. The van der Waals surface area contributed by atoms with Crippen LogP contribution in [-0.4, -0.2) is 5.71 Å². The van der Waals surface area contributed by atoms with Gasteiger partial charge < -0.3 is 0 Å². The lowest BCUT2D eigenvalue weighted by atomic mass is 9.92. The van der Waals surface area contributed by atoms with Crippen molar-refractivity contribution in [3.8, 4) is 0 Å². The number of allylic oxidation sites excluding steroid dienone is 7. The van der Waals surface area contributed by atoms with Crippen LogP contribution < -0.4 is 0 Å². The molecule has 0 fully saturated rings. The fourth-order valence-electron chi connectivity index (χ4n) is 2.15. The molecule has 0 aromatic heterocycles. The maximum atomic E-state index is 4.50. The van der Waals surface area contributed by atoms with Gasteiger partial charge in [-0.25, -0.2) is 0 Å². The molecule has 1 heterocycles. The molecule has 0 spiro atoms. The molecule has 0 aromatic carbocycles. The second-order valence-corrected chi connectivity index (χ2v) is 4.49. The van der Waals surface area contributed by atoms with Gasteiger partial charge in [0.1, 0.15) is 0 Å². The van der Waals surface area contributed by atoms with Gasteiger partial charge in [-0.15, -0.1) is 0 Å². The van der Waals surface area contributed by atoms with Gasteiger partial charge in [0.05, 0.1) is 5.71 Å². The Hall–Kier alpha value is -1.37. The monoisotopic (exact) mass is 213 g/mol. The molecule has 1 unspecified atom stereocenters. The lowest BCUT2D eigenvalue weighted by molar-refractivity contribution is 0.763. The zero-order valence-corrected chi connectivity index (χ0v) is 10.1. The van der Waals surface area contributed by atoms with Crippen LogP contribution in [0.4, 0.5) is 0 Å². The maximum absolute atomic E-state index is 4.50. The zero-order chi connectivity index (χ0) is 11.4. The Morgan fingerprint density at radius 3 is 3.12 bits per heavy atom. The molecule has 84 valence electrons. The molecular formula is C15H19N.